The minimum Gasteiger partial charge on any atom is -0.436 e. The quantitative estimate of drug-likeness (QED) is 0.678. The van der Waals surface area contributed by atoms with Crippen LogP contribution >= 0.6 is 11.8 Å². The zero-order chi connectivity index (χ0) is 9.56. The molecule has 0 aromatic rings. The Morgan fingerprint density at radius 3 is 2.50 bits per heavy atom. The molecule has 0 aliphatic heterocycles. The monoisotopic (exact) mass is 191 g/mol. The summed E-state index contributed by atoms with van der Waals surface area (Å²) in [6, 6.07) is 0. The number of carbonyl (C=O) groups excluding carboxylic acids is 1. The maximum absolute atomic E-state index is 10.3. The number of hydrogen-bond donors (Lipinski definition) is 1. The van der Waals surface area contributed by atoms with E-state index in [1.165, 1.54) is 0 Å². The molecular weight excluding hydrogens is 174 g/mol. The predicted molar refractivity (Wildman–Crippen MR) is 52.0 cm³/mol. The lowest BCUT2D eigenvalue weighted by Crippen LogP contribution is -2.18. The van der Waals surface area contributed by atoms with Gasteiger partial charge in [-0.05, 0) is 25.0 Å². The highest BCUT2D eigenvalue weighted by molar-refractivity contribution is 7.99. The molecule has 0 saturated heterocycles. The van der Waals surface area contributed by atoms with Crippen molar-refractivity contribution in [2.75, 3.05) is 5.75 Å². The second-order valence-corrected chi connectivity index (χ2v) is 4.46. The Hall–Kier alpha value is -0.380. The normalized spacial score (nSPS) is 13.0. The summed E-state index contributed by atoms with van der Waals surface area (Å²) in [4.78, 5) is 10.3. The molecule has 1 unspecified atom stereocenters. The topological polar surface area (TPSA) is 52.3 Å². The summed E-state index contributed by atoms with van der Waals surface area (Å²) in [7, 11) is 0. The molecular formula is C8H17NO2S. The molecule has 12 heavy (non-hydrogen) atoms. The Bertz CT molecular complexity index is 139. The van der Waals surface area contributed by atoms with Crippen molar-refractivity contribution >= 4 is 17.9 Å². The third kappa shape index (κ3) is 7.72. The van der Waals surface area contributed by atoms with Crippen LogP contribution in [-0.2, 0) is 4.74 Å². The molecule has 3 nitrogen and oxygen atoms in total. The summed E-state index contributed by atoms with van der Waals surface area (Å²) in [6.45, 7) is 6.16. The number of hydrogen-bond acceptors (Lipinski definition) is 3. The highest BCUT2D eigenvalue weighted by atomic mass is 32.2. The zero-order valence-corrected chi connectivity index (χ0v) is 8.69. The third-order valence-corrected chi connectivity index (χ3v) is 2.37. The average molecular weight is 191 g/mol. The first-order valence-electron chi connectivity index (χ1n) is 4.10. The fourth-order valence-corrected chi connectivity index (χ4v) is 1.77. The molecule has 0 bridgehead atoms. The smallest absolute Gasteiger partial charge is 0.405 e. The molecule has 0 saturated carbocycles. The second-order valence-electron chi connectivity index (χ2n) is 3.06. The number of carbonyl (C=O) groups is 1. The van der Waals surface area contributed by atoms with Gasteiger partial charge >= 0.3 is 6.09 Å². The first-order chi connectivity index (χ1) is 5.52. The number of nitrogens with two attached hydrogens (primary N) is 1. The van der Waals surface area contributed by atoms with Gasteiger partial charge in [-0.2, -0.15) is 0 Å². The lowest BCUT2D eigenvalue weighted by atomic mass is 10.2. The molecule has 0 aliphatic rings. The Labute approximate surface area is 78.0 Å². The standard InChI is InChI=1S/C8H17NO2S/c1-6(2)4-5-12-7(3)11-8(9)10/h6-7H,4-5H2,1-3H3,(H2,9,10). The van der Waals surface area contributed by atoms with Gasteiger partial charge < -0.3 is 10.5 Å². The van der Waals surface area contributed by atoms with Gasteiger partial charge in [0.25, 0.3) is 0 Å². The van der Waals surface area contributed by atoms with E-state index in [0.29, 0.717) is 5.92 Å². The van der Waals surface area contributed by atoms with Crippen LogP contribution in [0, 0.1) is 5.92 Å². The summed E-state index contributed by atoms with van der Waals surface area (Å²) in [5.74, 6) is 1.70. The van der Waals surface area contributed by atoms with Crippen molar-refractivity contribution in [3.63, 3.8) is 0 Å². The van der Waals surface area contributed by atoms with Crippen LogP contribution in [0.5, 0.6) is 0 Å². The van der Waals surface area contributed by atoms with Crippen LogP contribution in [0.25, 0.3) is 0 Å². The molecule has 0 aliphatic carbocycles. The molecule has 0 spiro atoms. The van der Waals surface area contributed by atoms with E-state index in [0.717, 1.165) is 12.2 Å². The van der Waals surface area contributed by atoms with Crippen LogP contribution in [0.3, 0.4) is 0 Å². The Morgan fingerprint density at radius 1 is 1.50 bits per heavy atom. The van der Waals surface area contributed by atoms with Crippen LogP contribution < -0.4 is 5.73 Å². The fraction of sp³-hybridized carbons (Fsp3) is 0.875. The van der Waals surface area contributed by atoms with Crippen molar-refractivity contribution in [2.24, 2.45) is 11.7 Å². The minimum absolute atomic E-state index is 0.124. The first-order valence-corrected chi connectivity index (χ1v) is 5.15. The summed E-state index contributed by atoms with van der Waals surface area (Å²) in [5.41, 5.74) is 4.73. The van der Waals surface area contributed by atoms with Gasteiger partial charge in [-0.25, -0.2) is 4.79 Å². The molecule has 0 heterocycles. The molecule has 0 fully saturated rings. The van der Waals surface area contributed by atoms with Gasteiger partial charge in [0, 0.05) is 0 Å². The Kier molecular flexibility index (Phi) is 5.98. The maximum atomic E-state index is 10.3. The SMILES string of the molecule is CC(C)CCSC(C)OC(N)=O. The summed E-state index contributed by atoms with van der Waals surface area (Å²) in [5, 5.41) is 0. The number of ether oxygens (including phenoxy) is 1. The summed E-state index contributed by atoms with van der Waals surface area (Å²) >= 11 is 1.61. The minimum atomic E-state index is -0.695. The van der Waals surface area contributed by atoms with Crippen molar-refractivity contribution in [1.82, 2.24) is 0 Å². The van der Waals surface area contributed by atoms with E-state index in [1.807, 2.05) is 6.92 Å². The number of amides is 1. The summed E-state index contributed by atoms with van der Waals surface area (Å²) < 4.78 is 4.73. The highest BCUT2D eigenvalue weighted by Gasteiger charge is 2.05. The van der Waals surface area contributed by atoms with Crippen LogP contribution in [0.1, 0.15) is 27.2 Å². The predicted octanol–water partition coefficient (Wildman–Crippen LogP) is 2.21. The molecule has 0 rings (SSSR count). The molecule has 1 amide bonds. The van der Waals surface area contributed by atoms with Gasteiger partial charge in [0.05, 0.1) is 0 Å². The van der Waals surface area contributed by atoms with Crippen LogP contribution in [0.2, 0.25) is 0 Å². The highest BCUT2D eigenvalue weighted by Crippen LogP contribution is 2.15. The van der Waals surface area contributed by atoms with Crippen LogP contribution in [0.4, 0.5) is 4.79 Å². The van der Waals surface area contributed by atoms with Crippen molar-refractivity contribution in [2.45, 2.75) is 32.6 Å². The van der Waals surface area contributed by atoms with Crippen LogP contribution in [0.15, 0.2) is 0 Å². The Balaban J connectivity index is 3.31. The van der Waals surface area contributed by atoms with Crippen molar-refractivity contribution < 1.29 is 9.53 Å². The molecule has 0 aromatic heterocycles. The van der Waals surface area contributed by atoms with Gasteiger partial charge in [-0.3, -0.25) is 0 Å². The molecule has 0 radical (unpaired) electrons. The van der Waals surface area contributed by atoms with E-state index in [1.54, 1.807) is 11.8 Å². The van der Waals surface area contributed by atoms with Crippen LogP contribution in [-0.4, -0.2) is 17.3 Å². The largest absolute Gasteiger partial charge is 0.436 e. The average Bonchev–Trinajstić information content (AvgIpc) is 1.84. The lowest BCUT2D eigenvalue weighted by Gasteiger charge is -2.11. The number of primary amides is 1. The molecule has 0 aromatic carbocycles. The van der Waals surface area contributed by atoms with E-state index in [9.17, 15) is 4.79 Å². The first kappa shape index (κ1) is 11.6. The van der Waals surface area contributed by atoms with E-state index in [4.69, 9.17) is 10.5 Å². The third-order valence-electron chi connectivity index (χ3n) is 1.33. The molecule has 1 atom stereocenters. The van der Waals surface area contributed by atoms with Gasteiger partial charge in [-0.1, -0.05) is 13.8 Å². The van der Waals surface area contributed by atoms with Crippen molar-refractivity contribution in [3.05, 3.63) is 0 Å². The van der Waals surface area contributed by atoms with E-state index in [-0.39, 0.29) is 5.44 Å². The number of rotatable bonds is 5. The zero-order valence-electron chi connectivity index (χ0n) is 7.87. The number of thioether (sulfide) groups is 1. The molecule has 4 heteroatoms. The summed E-state index contributed by atoms with van der Waals surface area (Å²) in [6.07, 6.45) is 0.441. The fourth-order valence-electron chi connectivity index (χ4n) is 0.667. The van der Waals surface area contributed by atoms with Gasteiger partial charge in [0.2, 0.25) is 0 Å². The lowest BCUT2D eigenvalue weighted by molar-refractivity contribution is 0.152. The van der Waals surface area contributed by atoms with E-state index in [2.05, 4.69) is 13.8 Å². The van der Waals surface area contributed by atoms with Crippen molar-refractivity contribution in [3.8, 4) is 0 Å². The Morgan fingerprint density at radius 2 is 2.08 bits per heavy atom. The van der Waals surface area contributed by atoms with Gasteiger partial charge in [0.1, 0.15) is 5.44 Å². The molecule has 2 N–H and O–H groups in total. The van der Waals surface area contributed by atoms with E-state index >= 15 is 0 Å². The van der Waals surface area contributed by atoms with E-state index < -0.39 is 6.09 Å². The molecule has 72 valence electrons. The maximum Gasteiger partial charge on any atom is 0.405 e. The van der Waals surface area contributed by atoms with Crippen molar-refractivity contribution in [1.29, 1.82) is 0 Å². The second kappa shape index (κ2) is 6.17. The van der Waals surface area contributed by atoms with Gasteiger partial charge in [-0.15, -0.1) is 11.8 Å². The van der Waals surface area contributed by atoms with Gasteiger partial charge in [0.15, 0.2) is 0 Å².